The van der Waals surface area contributed by atoms with Gasteiger partial charge in [-0.25, -0.2) is 4.68 Å². The van der Waals surface area contributed by atoms with Crippen molar-refractivity contribution in [3.8, 4) is 51.2 Å². The normalized spacial score (nSPS) is 13.8. The molecule has 1 aromatic heterocycles. The highest BCUT2D eigenvalue weighted by Gasteiger charge is 2.22. The predicted molar refractivity (Wildman–Crippen MR) is 150 cm³/mol. The molecule has 0 saturated carbocycles. The molecule has 1 saturated heterocycles. The van der Waals surface area contributed by atoms with Crippen LogP contribution in [0.5, 0.6) is 23.0 Å². The first-order valence-corrected chi connectivity index (χ1v) is 13.1. The number of para-hydroxylation sites is 1. The molecule has 7 nitrogen and oxygen atoms in total. The first kappa shape index (κ1) is 25.7. The van der Waals surface area contributed by atoms with Crippen LogP contribution < -0.4 is 18.9 Å². The van der Waals surface area contributed by atoms with E-state index in [1.807, 2.05) is 59.3 Å². The highest BCUT2D eigenvalue weighted by Crippen LogP contribution is 2.43. The molecule has 0 spiro atoms. The number of hydrogen-bond acceptors (Lipinski definition) is 6. The van der Waals surface area contributed by atoms with E-state index in [1.165, 1.54) is 32.4 Å². The number of hydrogen-bond donors (Lipinski definition) is 0. The molecule has 1 aliphatic heterocycles. The zero-order valence-electron chi connectivity index (χ0n) is 22.4. The van der Waals surface area contributed by atoms with Gasteiger partial charge in [-0.15, -0.1) is 0 Å². The zero-order chi connectivity index (χ0) is 26.3. The maximum Gasteiger partial charge on any atom is 0.135 e. The molecule has 38 heavy (non-hydrogen) atoms. The summed E-state index contributed by atoms with van der Waals surface area (Å²) in [5.41, 5.74) is 4.42. The van der Waals surface area contributed by atoms with Crippen molar-refractivity contribution in [3.63, 3.8) is 0 Å². The van der Waals surface area contributed by atoms with E-state index < -0.39 is 0 Å². The van der Waals surface area contributed by atoms with Crippen LogP contribution in [-0.4, -0.2) is 62.3 Å². The monoisotopic (exact) mass is 513 g/mol. The summed E-state index contributed by atoms with van der Waals surface area (Å²) in [5.74, 6) is 2.81. The van der Waals surface area contributed by atoms with Gasteiger partial charge < -0.3 is 18.9 Å². The summed E-state index contributed by atoms with van der Waals surface area (Å²) in [6, 6.07) is 24.0. The largest absolute Gasteiger partial charge is 0.496 e. The third-order valence-electron chi connectivity index (χ3n) is 6.96. The van der Waals surface area contributed by atoms with Gasteiger partial charge in [-0.2, -0.15) is 5.10 Å². The first-order valence-electron chi connectivity index (χ1n) is 13.1. The Kier molecular flexibility index (Phi) is 8.14. The minimum absolute atomic E-state index is 0.641. The van der Waals surface area contributed by atoms with E-state index in [4.69, 9.17) is 24.0 Å². The third-order valence-corrected chi connectivity index (χ3v) is 6.96. The van der Waals surface area contributed by atoms with Crippen LogP contribution in [0.25, 0.3) is 28.2 Å². The Labute approximate surface area is 224 Å². The van der Waals surface area contributed by atoms with Crippen molar-refractivity contribution in [1.82, 2.24) is 14.7 Å². The van der Waals surface area contributed by atoms with Crippen molar-refractivity contribution in [2.75, 3.05) is 47.6 Å². The first-order chi connectivity index (χ1) is 18.7. The second-order valence-electron chi connectivity index (χ2n) is 9.34. The topological polar surface area (TPSA) is 58.0 Å². The molecule has 4 aromatic rings. The average Bonchev–Trinajstić information content (AvgIpc) is 3.42. The lowest BCUT2D eigenvalue weighted by atomic mass is 10.1. The lowest BCUT2D eigenvalue weighted by Gasteiger charge is -2.26. The van der Waals surface area contributed by atoms with E-state index in [0.717, 1.165) is 40.5 Å². The van der Waals surface area contributed by atoms with E-state index in [-0.39, 0.29) is 0 Å². The summed E-state index contributed by atoms with van der Waals surface area (Å²) in [7, 11) is 4.92. The lowest BCUT2D eigenvalue weighted by Crippen LogP contribution is -2.33. The van der Waals surface area contributed by atoms with Gasteiger partial charge in [0.15, 0.2) is 0 Å². The van der Waals surface area contributed by atoms with Gasteiger partial charge >= 0.3 is 0 Å². The van der Waals surface area contributed by atoms with Gasteiger partial charge in [0, 0.05) is 24.2 Å². The van der Waals surface area contributed by atoms with Crippen LogP contribution in [-0.2, 0) is 0 Å². The van der Waals surface area contributed by atoms with E-state index >= 15 is 0 Å². The highest BCUT2D eigenvalue weighted by molar-refractivity contribution is 5.80. The molecule has 0 unspecified atom stereocenters. The molecule has 0 radical (unpaired) electrons. The molecule has 0 N–H and O–H groups in total. The van der Waals surface area contributed by atoms with Crippen LogP contribution in [0.1, 0.15) is 19.3 Å². The van der Waals surface area contributed by atoms with Gasteiger partial charge in [-0.3, -0.25) is 4.90 Å². The fourth-order valence-electron chi connectivity index (χ4n) is 4.92. The van der Waals surface area contributed by atoms with Gasteiger partial charge in [0.05, 0.1) is 44.0 Å². The number of piperidine rings is 1. The fraction of sp³-hybridized carbons (Fsp3) is 0.323. The molecular weight excluding hydrogens is 478 g/mol. The van der Waals surface area contributed by atoms with Crippen molar-refractivity contribution < 1.29 is 18.9 Å². The van der Waals surface area contributed by atoms with Crippen LogP contribution >= 0.6 is 0 Å². The highest BCUT2D eigenvalue weighted by atomic mass is 16.5. The number of benzene rings is 3. The Bertz CT molecular complexity index is 1300. The Morgan fingerprint density at radius 2 is 1.42 bits per heavy atom. The third kappa shape index (κ3) is 5.63. The fourth-order valence-corrected chi connectivity index (χ4v) is 4.92. The number of ether oxygens (including phenoxy) is 4. The SMILES string of the molecule is COc1cc(OC)c(-c2cc(-c3ccc(OCCN4CCCCC4)cc3)nn2-c2ccccc2)c(OC)c1. The van der Waals surface area contributed by atoms with Crippen LogP contribution in [0, 0.1) is 0 Å². The zero-order valence-corrected chi connectivity index (χ0v) is 22.4. The van der Waals surface area contributed by atoms with Crippen LogP contribution in [0.15, 0.2) is 72.8 Å². The van der Waals surface area contributed by atoms with Crippen LogP contribution in [0.4, 0.5) is 0 Å². The predicted octanol–water partition coefficient (Wildman–Crippen LogP) is 6.10. The quantitative estimate of drug-likeness (QED) is 0.256. The molecule has 7 heteroatoms. The molecular formula is C31H35N3O4. The van der Waals surface area contributed by atoms with Gasteiger partial charge in [0.2, 0.25) is 0 Å². The molecule has 2 heterocycles. The molecule has 0 amide bonds. The Hall–Kier alpha value is -3.97. The lowest BCUT2D eigenvalue weighted by molar-refractivity contribution is 0.183. The summed E-state index contributed by atoms with van der Waals surface area (Å²) in [5, 5.41) is 5.00. The number of methoxy groups -OCH3 is 3. The van der Waals surface area contributed by atoms with Crippen LogP contribution in [0.3, 0.4) is 0 Å². The van der Waals surface area contributed by atoms with Crippen LogP contribution in [0.2, 0.25) is 0 Å². The molecule has 1 aliphatic rings. The van der Waals surface area contributed by atoms with Crippen molar-refractivity contribution in [2.45, 2.75) is 19.3 Å². The van der Waals surface area contributed by atoms with Crippen molar-refractivity contribution >= 4 is 0 Å². The number of aromatic nitrogens is 2. The molecule has 0 bridgehead atoms. The molecule has 0 atom stereocenters. The standard InChI is InChI=1S/C31H35N3O4/c1-35-26-20-29(36-2)31(30(21-26)37-3)28-22-27(32-34(28)24-10-6-4-7-11-24)23-12-14-25(15-13-23)38-19-18-33-16-8-5-9-17-33/h4,6-7,10-15,20-22H,5,8-9,16-19H2,1-3H3. The number of rotatable bonds is 10. The number of nitrogens with zero attached hydrogens (tertiary/aromatic N) is 3. The summed E-state index contributed by atoms with van der Waals surface area (Å²) in [6.07, 6.45) is 3.93. The Morgan fingerprint density at radius 1 is 0.737 bits per heavy atom. The molecule has 198 valence electrons. The summed E-state index contributed by atoms with van der Waals surface area (Å²) in [6.45, 7) is 4.03. The second kappa shape index (κ2) is 12.0. The molecule has 5 rings (SSSR count). The van der Waals surface area contributed by atoms with Gasteiger partial charge in [0.25, 0.3) is 0 Å². The Morgan fingerprint density at radius 3 is 2.05 bits per heavy atom. The van der Waals surface area contributed by atoms with E-state index in [2.05, 4.69) is 23.1 Å². The summed E-state index contributed by atoms with van der Waals surface area (Å²) in [4.78, 5) is 2.48. The maximum absolute atomic E-state index is 6.04. The smallest absolute Gasteiger partial charge is 0.135 e. The van der Waals surface area contributed by atoms with Gasteiger partial charge in [-0.1, -0.05) is 24.6 Å². The van der Waals surface area contributed by atoms with Crippen molar-refractivity contribution in [1.29, 1.82) is 0 Å². The van der Waals surface area contributed by atoms with Crippen molar-refractivity contribution in [3.05, 3.63) is 72.8 Å². The Balaban J connectivity index is 1.46. The maximum atomic E-state index is 6.04. The number of likely N-dealkylation sites (tertiary alicyclic amines) is 1. The van der Waals surface area contributed by atoms with E-state index in [0.29, 0.717) is 23.9 Å². The van der Waals surface area contributed by atoms with E-state index in [9.17, 15) is 0 Å². The average molecular weight is 514 g/mol. The summed E-state index contributed by atoms with van der Waals surface area (Å²) < 4.78 is 24.9. The van der Waals surface area contributed by atoms with Gasteiger partial charge in [0.1, 0.15) is 29.6 Å². The minimum Gasteiger partial charge on any atom is -0.496 e. The molecule has 1 fully saturated rings. The minimum atomic E-state index is 0.641. The summed E-state index contributed by atoms with van der Waals surface area (Å²) >= 11 is 0. The van der Waals surface area contributed by atoms with Crippen molar-refractivity contribution in [2.24, 2.45) is 0 Å². The van der Waals surface area contributed by atoms with Gasteiger partial charge in [-0.05, 0) is 68.4 Å². The second-order valence-corrected chi connectivity index (χ2v) is 9.34. The van der Waals surface area contributed by atoms with E-state index in [1.54, 1.807) is 21.3 Å². The molecule has 0 aliphatic carbocycles. The molecule has 3 aromatic carbocycles.